The van der Waals surface area contributed by atoms with E-state index < -0.39 is 0 Å². The summed E-state index contributed by atoms with van der Waals surface area (Å²) >= 11 is 0. The average molecular weight is 345 g/mol. The Bertz CT molecular complexity index is 1100. The van der Waals surface area contributed by atoms with Crippen molar-refractivity contribution in [2.75, 3.05) is 5.32 Å². The Morgan fingerprint density at radius 2 is 1.81 bits per heavy atom. The summed E-state index contributed by atoms with van der Waals surface area (Å²) in [6.45, 7) is 1.90. The summed E-state index contributed by atoms with van der Waals surface area (Å²) in [5.74, 6) is -0.450. The van der Waals surface area contributed by atoms with Crippen molar-refractivity contribution < 1.29 is 9.18 Å². The van der Waals surface area contributed by atoms with E-state index in [-0.39, 0.29) is 11.7 Å². The van der Waals surface area contributed by atoms with E-state index in [9.17, 15) is 9.18 Å². The topological polar surface area (TPSA) is 57.8 Å². The van der Waals surface area contributed by atoms with Crippen molar-refractivity contribution in [2.45, 2.75) is 6.92 Å². The van der Waals surface area contributed by atoms with Crippen LogP contribution in [0.4, 0.5) is 10.1 Å². The molecule has 5 heteroatoms. The molecule has 4 aromatic rings. The molecule has 0 bridgehead atoms. The molecule has 0 fully saturated rings. The molecule has 0 saturated carbocycles. The molecule has 128 valence electrons. The van der Waals surface area contributed by atoms with Crippen LogP contribution >= 0.6 is 0 Å². The van der Waals surface area contributed by atoms with Crippen LogP contribution in [0.3, 0.4) is 0 Å². The highest BCUT2D eigenvalue weighted by Crippen LogP contribution is 2.28. The molecule has 3 aromatic carbocycles. The fourth-order valence-electron chi connectivity index (χ4n) is 2.95. The summed E-state index contributed by atoms with van der Waals surface area (Å²) in [6.07, 6.45) is 0. The zero-order valence-electron chi connectivity index (χ0n) is 14.1. The lowest BCUT2D eigenvalue weighted by atomic mass is 10.1. The van der Waals surface area contributed by atoms with E-state index in [2.05, 4.69) is 15.5 Å². The van der Waals surface area contributed by atoms with Crippen LogP contribution in [0.5, 0.6) is 0 Å². The summed E-state index contributed by atoms with van der Waals surface area (Å²) < 4.78 is 13.2. The van der Waals surface area contributed by atoms with Crippen molar-refractivity contribution >= 4 is 22.5 Å². The number of hydrogen-bond acceptors (Lipinski definition) is 2. The maximum absolute atomic E-state index is 13.2. The number of halogens is 1. The predicted octanol–water partition coefficient (Wildman–Crippen LogP) is 4.93. The number of carbonyl (C=O) groups is 1. The van der Waals surface area contributed by atoms with Crippen LogP contribution in [0.1, 0.15) is 15.9 Å². The van der Waals surface area contributed by atoms with Crippen LogP contribution in [0.25, 0.3) is 22.2 Å². The van der Waals surface area contributed by atoms with Gasteiger partial charge in [0.1, 0.15) is 5.82 Å². The van der Waals surface area contributed by atoms with Gasteiger partial charge in [0.2, 0.25) is 0 Å². The second kappa shape index (κ2) is 6.44. The van der Waals surface area contributed by atoms with E-state index >= 15 is 0 Å². The van der Waals surface area contributed by atoms with Gasteiger partial charge >= 0.3 is 0 Å². The summed E-state index contributed by atoms with van der Waals surface area (Å²) in [7, 11) is 0. The van der Waals surface area contributed by atoms with Crippen LogP contribution in [-0.2, 0) is 0 Å². The Kier molecular flexibility index (Phi) is 3.97. The molecule has 4 nitrogen and oxygen atoms in total. The standard InChI is InChI=1S/C21H16FN3O/c1-13-4-2-3-5-17(13)21(26)23-16-10-11-19-18(12-16)20(25-24-19)14-6-8-15(22)9-7-14/h2-12H,1H3,(H,23,26)(H,24,25). The number of hydrogen-bond donors (Lipinski definition) is 2. The first-order chi connectivity index (χ1) is 12.6. The summed E-state index contributed by atoms with van der Waals surface area (Å²) in [4.78, 5) is 12.5. The Balaban J connectivity index is 1.69. The molecule has 26 heavy (non-hydrogen) atoms. The van der Waals surface area contributed by atoms with Crippen LogP contribution in [0, 0.1) is 12.7 Å². The third-order valence-electron chi connectivity index (χ3n) is 4.33. The number of H-pyrrole nitrogens is 1. The molecule has 0 radical (unpaired) electrons. The second-order valence-electron chi connectivity index (χ2n) is 6.11. The van der Waals surface area contributed by atoms with Gasteiger partial charge in [-0.25, -0.2) is 4.39 Å². The van der Waals surface area contributed by atoms with E-state index in [1.54, 1.807) is 18.2 Å². The first kappa shape index (κ1) is 16.0. The average Bonchev–Trinajstić information content (AvgIpc) is 3.06. The minimum absolute atomic E-state index is 0.158. The molecule has 4 rings (SSSR count). The normalized spacial score (nSPS) is 10.8. The molecule has 0 spiro atoms. The molecule has 0 aliphatic carbocycles. The van der Waals surface area contributed by atoms with Crippen LogP contribution < -0.4 is 5.32 Å². The van der Waals surface area contributed by atoms with Crippen LogP contribution in [-0.4, -0.2) is 16.1 Å². The van der Waals surface area contributed by atoms with E-state index in [1.165, 1.54) is 12.1 Å². The Morgan fingerprint density at radius 3 is 2.58 bits per heavy atom. The fraction of sp³-hybridized carbons (Fsp3) is 0.0476. The maximum atomic E-state index is 13.2. The predicted molar refractivity (Wildman–Crippen MR) is 101 cm³/mol. The number of aromatic amines is 1. The van der Waals surface area contributed by atoms with Gasteiger partial charge in [-0.1, -0.05) is 18.2 Å². The Morgan fingerprint density at radius 1 is 1.04 bits per heavy atom. The molecule has 1 amide bonds. The molecule has 0 aliphatic rings. The van der Waals surface area contributed by atoms with Gasteiger partial charge in [-0.2, -0.15) is 5.10 Å². The van der Waals surface area contributed by atoms with Crippen LogP contribution in [0.15, 0.2) is 66.7 Å². The molecular formula is C21H16FN3O. The van der Waals surface area contributed by atoms with E-state index in [1.807, 2.05) is 43.3 Å². The Hall–Kier alpha value is -3.47. The number of aromatic nitrogens is 2. The van der Waals surface area contributed by atoms with Crippen molar-refractivity contribution in [3.63, 3.8) is 0 Å². The van der Waals surface area contributed by atoms with E-state index in [4.69, 9.17) is 0 Å². The number of aryl methyl sites for hydroxylation is 1. The lowest BCUT2D eigenvalue weighted by molar-refractivity contribution is 0.102. The molecule has 2 N–H and O–H groups in total. The molecule has 0 unspecified atom stereocenters. The van der Waals surface area contributed by atoms with Crippen LogP contribution in [0.2, 0.25) is 0 Å². The van der Waals surface area contributed by atoms with Gasteiger partial charge in [0, 0.05) is 22.2 Å². The number of carbonyl (C=O) groups excluding carboxylic acids is 1. The lowest BCUT2D eigenvalue weighted by Crippen LogP contribution is -2.13. The molecule has 1 aromatic heterocycles. The van der Waals surface area contributed by atoms with Crippen molar-refractivity contribution in [1.29, 1.82) is 0 Å². The minimum Gasteiger partial charge on any atom is -0.322 e. The zero-order chi connectivity index (χ0) is 18.1. The van der Waals surface area contributed by atoms with Gasteiger partial charge in [0.25, 0.3) is 5.91 Å². The summed E-state index contributed by atoms with van der Waals surface area (Å²) in [6, 6.07) is 19.2. The van der Waals surface area contributed by atoms with Gasteiger partial charge in [-0.3, -0.25) is 9.89 Å². The zero-order valence-corrected chi connectivity index (χ0v) is 14.1. The number of nitrogens with zero attached hydrogens (tertiary/aromatic N) is 1. The van der Waals surface area contributed by atoms with E-state index in [0.29, 0.717) is 16.9 Å². The molecular weight excluding hydrogens is 329 g/mol. The second-order valence-corrected chi connectivity index (χ2v) is 6.11. The number of rotatable bonds is 3. The molecule has 0 saturated heterocycles. The largest absolute Gasteiger partial charge is 0.322 e. The third-order valence-corrected chi connectivity index (χ3v) is 4.33. The van der Waals surface area contributed by atoms with E-state index in [0.717, 1.165) is 22.0 Å². The summed E-state index contributed by atoms with van der Waals surface area (Å²) in [5, 5.41) is 11.1. The van der Waals surface area contributed by atoms with Gasteiger partial charge in [-0.05, 0) is 61.0 Å². The molecule has 0 aliphatic heterocycles. The van der Waals surface area contributed by atoms with Crippen molar-refractivity contribution in [2.24, 2.45) is 0 Å². The van der Waals surface area contributed by atoms with Gasteiger partial charge in [0.15, 0.2) is 0 Å². The third kappa shape index (κ3) is 2.95. The first-order valence-electron chi connectivity index (χ1n) is 8.23. The van der Waals surface area contributed by atoms with Crippen molar-refractivity contribution in [1.82, 2.24) is 10.2 Å². The summed E-state index contributed by atoms with van der Waals surface area (Å²) in [5.41, 5.74) is 4.60. The SMILES string of the molecule is Cc1ccccc1C(=O)Nc1ccc2[nH]nc(-c3ccc(F)cc3)c2c1. The maximum Gasteiger partial charge on any atom is 0.255 e. The molecule has 1 heterocycles. The smallest absolute Gasteiger partial charge is 0.255 e. The fourth-order valence-corrected chi connectivity index (χ4v) is 2.95. The van der Waals surface area contributed by atoms with Gasteiger partial charge < -0.3 is 5.32 Å². The quantitative estimate of drug-likeness (QED) is 0.553. The Labute approximate surface area is 149 Å². The monoisotopic (exact) mass is 345 g/mol. The number of nitrogens with one attached hydrogen (secondary N) is 2. The lowest BCUT2D eigenvalue weighted by Gasteiger charge is -2.08. The van der Waals surface area contributed by atoms with Gasteiger partial charge in [0.05, 0.1) is 11.2 Å². The minimum atomic E-state index is -0.292. The highest BCUT2D eigenvalue weighted by molar-refractivity contribution is 6.06. The number of benzene rings is 3. The highest BCUT2D eigenvalue weighted by atomic mass is 19.1. The first-order valence-corrected chi connectivity index (χ1v) is 8.23. The molecule has 0 atom stereocenters. The van der Waals surface area contributed by atoms with Crippen molar-refractivity contribution in [3.8, 4) is 11.3 Å². The number of amides is 1. The number of fused-ring (bicyclic) bond motifs is 1. The number of anilines is 1. The highest BCUT2D eigenvalue weighted by Gasteiger charge is 2.12. The van der Waals surface area contributed by atoms with Gasteiger partial charge in [-0.15, -0.1) is 0 Å². The van der Waals surface area contributed by atoms with Crippen molar-refractivity contribution in [3.05, 3.63) is 83.7 Å².